The molecule has 0 saturated heterocycles. The molecule has 4 nitrogen and oxygen atoms in total. The van der Waals surface area contributed by atoms with Gasteiger partial charge in [0.2, 0.25) is 0 Å². The van der Waals surface area contributed by atoms with Gasteiger partial charge in [0.15, 0.2) is 0 Å². The van der Waals surface area contributed by atoms with Crippen molar-refractivity contribution in [3.8, 4) is 0 Å². The molecule has 5 heteroatoms. The summed E-state index contributed by atoms with van der Waals surface area (Å²) in [5.41, 5.74) is 7.71. The summed E-state index contributed by atoms with van der Waals surface area (Å²) in [6.45, 7) is 3.00. The van der Waals surface area contributed by atoms with Crippen molar-refractivity contribution >= 4 is 29.1 Å². The maximum atomic E-state index is 11.7. The monoisotopic (exact) mass is 296 g/mol. The molecule has 0 aliphatic heterocycles. The third kappa shape index (κ3) is 5.33. The molecule has 1 aromatic rings. The zero-order valence-corrected chi connectivity index (χ0v) is 13.1. The number of nitrogens with one attached hydrogen (secondary N) is 1. The van der Waals surface area contributed by atoms with Crippen molar-refractivity contribution in [2.75, 3.05) is 36.2 Å². The average Bonchev–Trinajstić information content (AvgIpc) is 2.44. The highest BCUT2D eigenvalue weighted by atomic mass is 32.2. The van der Waals surface area contributed by atoms with E-state index in [1.807, 2.05) is 23.9 Å². The van der Waals surface area contributed by atoms with E-state index in [4.69, 9.17) is 10.5 Å². The van der Waals surface area contributed by atoms with Gasteiger partial charge in [0.05, 0.1) is 23.5 Å². The zero-order chi connectivity index (χ0) is 14.8. The Balaban J connectivity index is 2.50. The first kappa shape index (κ1) is 16.7. The number of nitrogens with two attached hydrogens (primary N) is 1. The van der Waals surface area contributed by atoms with E-state index in [1.54, 1.807) is 13.0 Å². The Hall–Kier alpha value is -1.36. The molecule has 0 fully saturated rings. The van der Waals surface area contributed by atoms with E-state index in [0.717, 1.165) is 18.7 Å². The first-order valence-electron chi connectivity index (χ1n) is 6.99. The summed E-state index contributed by atoms with van der Waals surface area (Å²) >= 11 is 1.88. The van der Waals surface area contributed by atoms with Crippen molar-refractivity contribution in [3.05, 3.63) is 23.8 Å². The van der Waals surface area contributed by atoms with Gasteiger partial charge in [-0.15, -0.1) is 0 Å². The Morgan fingerprint density at radius 2 is 2.15 bits per heavy atom. The second kappa shape index (κ2) is 9.53. The minimum atomic E-state index is -0.367. The largest absolute Gasteiger partial charge is 0.462 e. The number of hydrogen-bond donors (Lipinski definition) is 2. The lowest BCUT2D eigenvalue weighted by Crippen LogP contribution is -2.11. The van der Waals surface area contributed by atoms with E-state index in [2.05, 4.69) is 11.6 Å². The summed E-state index contributed by atoms with van der Waals surface area (Å²) in [6.07, 6.45) is 5.66. The van der Waals surface area contributed by atoms with Crippen molar-refractivity contribution < 1.29 is 9.53 Å². The SMILES string of the molecule is CCOC(=O)c1cccc(NCCCCCSC)c1N. The molecule has 0 bridgehead atoms. The van der Waals surface area contributed by atoms with Crippen molar-refractivity contribution in [2.45, 2.75) is 26.2 Å². The number of rotatable bonds is 9. The molecule has 0 heterocycles. The van der Waals surface area contributed by atoms with Gasteiger partial charge in [-0.25, -0.2) is 4.79 Å². The Labute approximate surface area is 125 Å². The highest BCUT2D eigenvalue weighted by Crippen LogP contribution is 2.23. The minimum absolute atomic E-state index is 0.353. The Kier molecular flexibility index (Phi) is 7.95. The lowest BCUT2D eigenvalue weighted by Gasteiger charge is -2.12. The second-order valence-electron chi connectivity index (χ2n) is 4.47. The molecular weight excluding hydrogens is 272 g/mol. The number of anilines is 2. The van der Waals surface area contributed by atoms with Crippen LogP contribution in [0.4, 0.5) is 11.4 Å². The number of carbonyl (C=O) groups is 1. The minimum Gasteiger partial charge on any atom is -0.462 e. The van der Waals surface area contributed by atoms with Crippen molar-refractivity contribution in [3.63, 3.8) is 0 Å². The molecule has 1 aromatic carbocycles. The van der Waals surface area contributed by atoms with E-state index in [1.165, 1.54) is 18.6 Å². The molecule has 20 heavy (non-hydrogen) atoms. The summed E-state index contributed by atoms with van der Waals surface area (Å²) in [6, 6.07) is 5.40. The van der Waals surface area contributed by atoms with E-state index in [0.29, 0.717) is 17.9 Å². The third-order valence-corrected chi connectivity index (χ3v) is 3.64. The highest BCUT2D eigenvalue weighted by Gasteiger charge is 2.12. The number of nitrogen functional groups attached to an aromatic ring is 1. The fraction of sp³-hybridized carbons (Fsp3) is 0.533. The normalized spacial score (nSPS) is 10.3. The van der Waals surface area contributed by atoms with Crippen LogP contribution < -0.4 is 11.1 Å². The molecule has 0 aromatic heterocycles. The number of benzene rings is 1. The maximum Gasteiger partial charge on any atom is 0.340 e. The fourth-order valence-electron chi connectivity index (χ4n) is 1.88. The molecule has 3 N–H and O–H groups in total. The smallest absolute Gasteiger partial charge is 0.340 e. The Morgan fingerprint density at radius 3 is 2.85 bits per heavy atom. The van der Waals surface area contributed by atoms with Gasteiger partial charge in [-0.05, 0) is 43.9 Å². The van der Waals surface area contributed by atoms with E-state index >= 15 is 0 Å². The topological polar surface area (TPSA) is 64.3 Å². The van der Waals surface area contributed by atoms with Crippen LogP contribution in [0.5, 0.6) is 0 Å². The quantitative estimate of drug-likeness (QED) is 0.415. The van der Waals surface area contributed by atoms with Gasteiger partial charge in [0.25, 0.3) is 0 Å². The van der Waals surface area contributed by atoms with Crippen LogP contribution in [0.1, 0.15) is 36.5 Å². The predicted molar refractivity (Wildman–Crippen MR) is 87.5 cm³/mol. The molecule has 0 amide bonds. The molecule has 0 radical (unpaired) electrons. The lowest BCUT2D eigenvalue weighted by atomic mass is 10.1. The van der Waals surface area contributed by atoms with Crippen molar-refractivity contribution in [1.82, 2.24) is 0 Å². The van der Waals surface area contributed by atoms with Crippen LogP contribution in [-0.2, 0) is 4.74 Å². The molecule has 0 saturated carbocycles. The summed E-state index contributed by atoms with van der Waals surface area (Å²) in [4.78, 5) is 11.7. The van der Waals surface area contributed by atoms with E-state index < -0.39 is 0 Å². The molecule has 1 rings (SSSR count). The number of hydrogen-bond acceptors (Lipinski definition) is 5. The second-order valence-corrected chi connectivity index (χ2v) is 5.45. The van der Waals surface area contributed by atoms with Crippen LogP contribution in [0, 0.1) is 0 Å². The first-order chi connectivity index (χ1) is 9.70. The maximum absolute atomic E-state index is 11.7. The van der Waals surface area contributed by atoms with E-state index in [-0.39, 0.29) is 5.97 Å². The number of esters is 1. The van der Waals surface area contributed by atoms with Crippen molar-refractivity contribution in [2.24, 2.45) is 0 Å². The molecule has 0 aliphatic carbocycles. The van der Waals surface area contributed by atoms with Gasteiger partial charge in [0, 0.05) is 6.54 Å². The van der Waals surface area contributed by atoms with Gasteiger partial charge in [-0.2, -0.15) is 11.8 Å². The third-order valence-electron chi connectivity index (χ3n) is 2.94. The zero-order valence-electron chi connectivity index (χ0n) is 12.3. The predicted octanol–water partition coefficient (Wildman–Crippen LogP) is 3.39. The van der Waals surface area contributed by atoms with Crippen LogP contribution in [0.3, 0.4) is 0 Å². The summed E-state index contributed by atoms with van der Waals surface area (Å²) in [5, 5.41) is 3.29. The number of thioether (sulfide) groups is 1. The van der Waals surface area contributed by atoms with Crippen LogP contribution in [-0.4, -0.2) is 31.1 Å². The van der Waals surface area contributed by atoms with Crippen LogP contribution in [0.15, 0.2) is 18.2 Å². The summed E-state index contributed by atoms with van der Waals surface area (Å²) in [7, 11) is 0. The van der Waals surface area contributed by atoms with Crippen LogP contribution >= 0.6 is 11.8 Å². The number of unbranched alkanes of at least 4 members (excludes halogenated alkanes) is 2. The molecule has 0 atom stereocenters. The first-order valence-corrected chi connectivity index (χ1v) is 8.38. The Morgan fingerprint density at radius 1 is 1.35 bits per heavy atom. The standard InChI is InChI=1S/C15H24N2O2S/c1-3-19-15(18)12-8-7-9-13(14(12)16)17-10-5-4-6-11-20-2/h7-9,17H,3-6,10-11,16H2,1-2H3. The van der Waals surface area contributed by atoms with Crippen LogP contribution in [0.2, 0.25) is 0 Å². The lowest BCUT2D eigenvalue weighted by molar-refractivity contribution is 0.0527. The molecule has 112 valence electrons. The summed E-state index contributed by atoms with van der Waals surface area (Å²) < 4.78 is 4.98. The van der Waals surface area contributed by atoms with Gasteiger partial charge < -0.3 is 15.8 Å². The molecule has 0 unspecified atom stereocenters. The number of carbonyl (C=O) groups excluding carboxylic acids is 1. The molecule has 0 aliphatic rings. The van der Waals surface area contributed by atoms with Gasteiger partial charge in [-0.1, -0.05) is 12.5 Å². The van der Waals surface area contributed by atoms with Crippen LogP contribution in [0.25, 0.3) is 0 Å². The van der Waals surface area contributed by atoms with Crippen molar-refractivity contribution in [1.29, 1.82) is 0 Å². The number of ether oxygens (including phenoxy) is 1. The summed E-state index contributed by atoms with van der Waals surface area (Å²) in [5.74, 6) is 0.842. The molecular formula is C15H24N2O2S. The molecule has 0 spiro atoms. The average molecular weight is 296 g/mol. The number of para-hydroxylation sites is 1. The van der Waals surface area contributed by atoms with Gasteiger partial charge >= 0.3 is 5.97 Å². The highest BCUT2D eigenvalue weighted by molar-refractivity contribution is 7.98. The van der Waals surface area contributed by atoms with Gasteiger partial charge in [-0.3, -0.25) is 0 Å². The Bertz CT molecular complexity index is 424. The van der Waals surface area contributed by atoms with E-state index in [9.17, 15) is 4.79 Å². The van der Waals surface area contributed by atoms with Gasteiger partial charge in [0.1, 0.15) is 0 Å². The fourth-order valence-corrected chi connectivity index (χ4v) is 2.37.